The zero-order valence-corrected chi connectivity index (χ0v) is 13.3. The Morgan fingerprint density at radius 3 is 2.43 bits per heavy atom. The first-order chi connectivity index (χ1) is 9.70. The molecule has 2 aromatic rings. The van der Waals surface area contributed by atoms with Gasteiger partial charge in [-0.1, -0.05) is 20.8 Å². The lowest BCUT2D eigenvalue weighted by molar-refractivity contribution is 0.561. The molecule has 0 aliphatic carbocycles. The molecule has 0 radical (unpaired) electrons. The van der Waals surface area contributed by atoms with Gasteiger partial charge in [-0.05, 0) is 24.6 Å². The normalized spacial score (nSPS) is 12.2. The molecule has 0 unspecified atom stereocenters. The van der Waals surface area contributed by atoms with Crippen molar-refractivity contribution in [3.63, 3.8) is 0 Å². The summed E-state index contributed by atoms with van der Waals surface area (Å²) in [6.07, 6.45) is 4.12. The third-order valence-electron chi connectivity index (χ3n) is 2.89. The van der Waals surface area contributed by atoms with Crippen LogP contribution in [0.3, 0.4) is 0 Å². The maximum Gasteiger partial charge on any atom is 0.264 e. The van der Waals surface area contributed by atoms with Gasteiger partial charge in [-0.15, -0.1) is 0 Å². The topological polar surface area (TPSA) is 84.8 Å². The summed E-state index contributed by atoms with van der Waals surface area (Å²) in [5.41, 5.74) is 1.59. The molecule has 112 valence electrons. The van der Waals surface area contributed by atoms with Gasteiger partial charge in [-0.25, -0.2) is 18.4 Å². The number of anilines is 1. The van der Waals surface area contributed by atoms with Crippen LogP contribution in [0.5, 0.6) is 0 Å². The van der Waals surface area contributed by atoms with Crippen LogP contribution in [0.2, 0.25) is 0 Å². The van der Waals surface area contributed by atoms with Crippen molar-refractivity contribution in [1.82, 2.24) is 15.0 Å². The SMILES string of the molecule is Cc1cc(S(=O)(=O)Nc2ccncn2)cnc1C(C)(C)C. The first kappa shape index (κ1) is 15.4. The highest BCUT2D eigenvalue weighted by molar-refractivity contribution is 7.92. The molecule has 0 spiro atoms. The highest BCUT2D eigenvalue weighted by Gasteiger charge is 2.21. The summed E-state index contributed by atoms with van der Waals surface area (Å²) >= 11 is 0. The summed E-state index contributed by atoms with van der Waals surface area (Å²) in [7, 11) is -3.70. The van der Waals surface area contributed by atoms with Gasteiger partial charge in [0.2, 0.25) is 0 Å². The molecular weight excluding hydrogens is 288 g/mol. The van der Waals surface area contributed by atoms with Gasteiger partial charge in [0.15, 0.2) is 0 Å². The van der Waals surface area contributed by atoms with Crippen LogP contribution in [0, 0.1) is 6.92 Å². The van der Waals surface area contributed by atoms with E-state index in [1.807, 2.05) is 27.7 Å². The van der Waals surface area contributed by atoms with E-state index in [0.29, 0.717) is 0 Å². The number of aryl methyl sites for hydroxylation is 1. The molecule has 0 aliphatic heterocycles. The average molecular weight is 306 g/mol. The molecule has 0 saturated carbocycles. The van der Waals surface area contributed by atoms with Crippen LogP contribution in [-0.4, -0.2) is 23.4 Å². The second-order valence-electron chi connectivity index (χ2n) is 5.79. The Labute approximate surface area is 124 Å². The van der Waals surface area contributed by atoms with E-state index in [4.69, 9.17) is 0 Å². The first-order valence-corrected chi connectivity index (χ1v) is 7.94. The minimum absolute atomic E-state index is 0.117. The lowest BCUT2D eigenvalue weighted by atomic mass is 9.89. The van der Waals surface area contributed by atoms with Crippen LogP contribution in [0.15, 0.2) is 35.7 Å². The van der Waals surface area contributed by atoms with Crippen molar-refractivity contribution in [2.24, 2.45) is 0 Å². The van der Waals surface area contributed by atoms with Crippen molar-refractivity contribution in [1.29, 1.82) is 0 Å². The quantitative estimate of drug-likeness (QED) is 0.940. The summed E-state index contributed by atoms with van der Waals surface area (Å²) in [5, 5.41) is 0. The fraction of sp³-hybridized carbons (Fsp3) is 0.357. The predicted octanol–water partition coefficient (Wildman–Crippen LogP) is 2.28. The van der Waals surface area contributed by atoms with Crippen molar-refractivity contribution in [2.45, 2.75) is 38.0 Å². The summed E-state index contributed by atoms with van der Waals surface area (Å²) < 4.78 is 27.0. The molecule has 0 bridgehead atoms. The minimum atomic E-state index is -3.70. The molecule has 2 aromatic heterocycles. The Bertz CT molecular complexity index is 737. The summed E-state index contributed by atoms with van der Waals surface area (Å²) in [6, 6.07) is 3.11. The predicted molar refractivity (Wildman–Crippen MR) is 80.5 cm³/mol. The van der Waals surface area contributed by atoms with Crippen LogP contribution in [0.25, 0.3) is 0 Å². The van der Waals surface area contributed by atoms with Gasteiger partial charge in [-0.3, -0.25) is 9.71 Å². The first-order valence-electron chi connectivity index (χ1n) is 6.46. The zero-order valence-electron chi connectivity index (χ0n) is 12.5. The number of nitrogens with one attached hydrogen (secondary N) is 1. The highest BCUT2D eigenvalue weighted by atomic mass is 32.2. The third-order valence-corrected chi connectivity index (χ3v) is 4.22. The van der Waals surface area contributed by atoms with Crippen molar-refractivity contribution < 1.29 is 8.42 Å². The van der Waals surface area contributed by atoms with Gasteiger partial charge in [0.05, 0.1) is 0 Å². The fourth-order valence-corrected chi connectivity index (χ4v) is 3.07. The van der Waals surface area contributed by atoms with Crippen LogP contribution in [0.4, 0.5) is 5.82 Å². The zero-order chi connectivity index (χ0) is 15.7. The fourth-order valence-electron chi connectivity index (χ4n) is 2.03. The lowest BCUT2D eigenvalue weighted by Crippen LogP contribution is -2.18. The van der Waals surface area contributed by atoms with E-state index in [9.17, 15) is 8.42 Å². The van der Waals surface area contributed by atoms with Crippen LogP contribution >= 0.6 is 0 Å². The molecule has 2 heterocycles. The number of aromatic nitrogens is 3. The smallest absolute Gasteiger partial charge is 0.263 e. The molecule has 0 amide bonds. The Morgan fingerprint density at radius 2 is 1.90 bits per heavy atom. The number of pyridine rings is 1. The van der Waals surface area contributed by atoms with E-state index in [1.54, 1.807) is 6.07 Å². The molecule has 0 aromatic carbocycles. The van der Waals surface area contributed by atoms with Gasteiger partial charge in [0.25, 0.3) is 10.0 Å². The van der Waals surface area contributed by atoms with Crippen molar-refractivity contribution >= 4 is 15.8 Å². The Hall–Kier alpha value is -2.02. The summed E-state index contributed by atoms with van der Waals surface area (Å²) in [6.45, 7) is 7.97. The third kappa shape index (κ3) is 3.55. The van der Waals surface area contributed by atoms with E-state index in [0.717, 1.165) is 11.3 Å². The molecule has 0 atom stereocenters. The Morgan fingerprint density at radius 1 is 1.19 bits per heavy atom. The highest BCUT2D eigenvalue weighted by Crippen LogP contribution is 2.25. The molecule has 2 rings (SSSR count). The van der Waals surface area contributed by atoms with Crippen LogP contribution in [0.1, 0.15) is 32.0 Å². The molecule has 21 heavy (non-hydrogen) atoms. The second-order valence-corrected chi connectivity index (χ2v) is 7.47. The van der Waals surface area contributed by atoms with Gasteiger partial charge in [0.1, 0.15) is 17.0 Å². The van der Waals surface area contributed by atoms with E-state index in [2.05, 4.69) is 19.7 Å². The molecule has 0 fully saturated rings. The van der Waals surface area contributed by atoms with Crippen LogP contribution in [-0.2, 0) is 15.4 Å². The van der Waals surface area contributed by atoms with Crippen molar-refractivity contribution in [3.8, 4) is 0 Å². The molecule has 6 nitrogen and oxygen atoms in total. The number of hydrogen-bond acceptors (Lipinski definition) is 5. The Kier molecular flexibility index (Phi) is 3.95. The second kappa shape index (κ2) is 5.40. The molecule has 0 aliphatic rings. The largest absolute Gasteiger partial charge is 0.264 e. The molecule has 0 saturated heterocycles. The number of sulfonamides is 1. The van der Waals surface area contributed by atoms with Crippen molar-refractivity contribution in [2.75, 3.05) is 4.72 Å². The number of rotatable bonds is 3. The molecule has 7 heteroatoms. The summed E-state index contributed by atoms with van der Waals surface area (Å²) in [5.74, 6) is 0.225. The van der Waals surface area contributed by atoms with E-state index in [1.165, 1.54) is 24.8 Å². The summed E-state index contributed by atoms with van der Waals surface area (Å²) in [4.78, 5) is 12.0. The minimum Gasteiger partial charge on any atom is -0.263 e. The van der Waals surface area contributed by atoms with E-state index >= 15 is 0 Å². The van der Waals surface area contributed by atoms with E-state index in [-0.39, 0.29) is 16.1 Å². The number of nitrogens with zero attached hydrogens (tertiary/aromatic N) is 3. The standard InChI is InChI=1S/C14H18N4O2S/c1-10-7-11(8-16-13(10)14(2,3)4)21(19,20)18-12-5-6-15-9-17-12/h5-9H,1-4H3,(H,15,17,18). The molecule has 1 N–H and O–H groups in total. The van der Waals surface area contributed by atoms with Crippen molar-refractivity contribution in [3.05, 3.63) is 42.1 Å². The van der Waals surface area contributed by atoms with Gasteiger partial charge in [-0.2, -0.15) is 0 Å². The maximum absolute atomic E-state index is 12.3. The van der Waals surface area contributed by atoms with Gasteiger partial charge < -0.3 is 0 Å². The number of hydrogen-bond donors (Lipinski definition) is 1. The lowest BCUT2D eigenvalue weighted by Gasteiger charge is -2.20. The Balaban J connectivity index is 2.36. The van der Waals surface area contributed by atoms with E-state index < -0.39 is 10.0 Å². The average Bonchev–Trinajstić information content (AvgIpc) is 2.37. The molecular formula is C14H18N4O2S. The van der Waals surface area contributed by atoms with Gasteiger partial charge in [0, 0.05) is 23.5 Å². The van der Waals surface area contributed by atoms with Gasteiger partial charge >= 0.3 is 0 Å². The van der Waals surface area contributed by atoms with Crippen LogP contribution < -0.4 is 4.72 Å². The monoisotopic (exact) mass is 306 g/mol. The maximum atomic E-state index is 12.3.